The minimum absolute atomic E-state index is 0.123. The summed E-state index contributed by atoms with van der Waals surface area (Å²) in [6.07, 6.45) is 3.47. The van der Waals surface area contributed by atoms with Gasteiger partial charge >= 0.3 is 0 Å². The van der Waals surface area contributed by atoms with Crippen molar-refractivity contribution in [3.05, 3.63) is 73.6 Å². The first-order valence-corrected chi connectivity index (χ1v) is 9.33. The maximum Gasteiger partial charge on any atom is 0.274 e. The van der Waals surface area contributed by atoms with Crippen LogP contribution in [0.3, 0.4) is 0 Å². The highest BCUT2D eigenvalue weighted by atomic mass is 35.5. The number of halogens is 1. The van der Waals surface area contributed by atoms with E-state index < -0.39 is 0 Å². The van der Waals surface area contributed by atoms with Gasteiger partial charge < -0.3 is 9.84 Å². The molecule has 5 nitrogen and oxygen atoms in total. The summed E-state index contributed by atoms with van der Waals surface area (Å²) in [6.45, 7) is 2.02. The van der Waals surface area contributed by atoms with E-state index in [0.29, 0.717) is 15.1 Å². The Morgan fingerprint density at radius 3 is 2.78 bits per heavy atom. The quantitative estimate of drug-likeness (QED) is 0.572. The molecule has 0 atom stereocenters. The molecule has 1 N–H and O–H groups in total. The number of hydrogen-bond donors (Lipinski definition) is 1. The smallest absolute Gasteiger partial charge is 0.274 e. The highest BCUT2D eigenvalue weighted by Gasteiger charge is 2.12. The molecule has 0 aliphatic heterocycles. The van der Waals surface area contributed by atoms with Crippen LogP contribution in [0.15, 0.2) is 47.4 Å². The highest BCUT2D eigenvalue weighted by molar-refractivity contribution is 7.15. The number of thiazole rings is 1. The van der Waals surface area contributed by atoms with Gasteiger partial charge in [-0.3, -0.25) is 9.20 Å². The summed E-state index contributed by atoms with van der Waals surface area (Å²) in [6, 6.07) is 11.1. The maximum absolute atomic E-state index is 12.8. The zero-order chi connectivity index (χ0) is 19.1. The monoisotopic (exact) mass is 398 g/mol. The number of nitrogens with zero attached hydrogens (tertiary/aromatic N) is 2. The highest BCUT2D eigenvalue weighted by Crippen LogP contribution is 2.35. The first kappa shape index (κ1) is 17.6. The summed E-state index contributed by atoms with van der Waals surface area (Å²) < 4.78 is 7.19. The summed E-state index contributed by atoms with van der Waals surface area (Å²) in [4.78, 5) is 18.0. The standard InChI is InChI=1S/C20H15ClN2O3S/c1-11-5-3-4-6-13(11)15-10-23-19(25)17(27-20(23)22-15)9-12-7-14(21)18(24)16(8-12)26-2/h3-10,24H,1-2H3/b17-9-. The van der Waals surface area contributed by atoms with Gasteiger partial charge in [-0.15, -0.1) is 0 Å². The van der Waals surface area contributed by atoms with Crippen LogP contribution in [-0.4, -0.2) is 21.6 Å². The Bertz CT molecular complexity index is 1280. The normalized spacial score (nSPS) is 12.0. The van der Waals surface area contributed by atoms with Crippen LogP contribution in [-0.2, 0) is 0 Å². The molecule has 2 heterocycles. The van der Waals surface area contributed by atoms with Crippen LogP contribution in [0.2, 0.25) is 5.02 Å². The van der Waals surface area contributed by atoms with E-state index in [2.05, 4.69) is 4.98 Å². The van der Waals surface area contributed by atoms with Crippen molar-refractivity contribution in [2.24, 2.45) is 0 Å². The van der Waals surface area contributed by atoms with Gasteiger partial charge in [0.05, 0.1) is 22.4 Å². The van der Waals surface area contributed by atoms with Gasteiger partial charge in [0.2, 0.25) is 0 Å². The lowest BCUT2D eigenvalue weighted by Gasteiger charge is -2.05. The van der Waals surface area contributed by atoms with Crippen molar-refractivity contribution in [2.75, 3.05) is 7.11 Å². The molecule has 0 unspecified atom stereocenters. The zero-order valence-electron chi connectivity index (χ0n) is 14.6. The van der Waals surface area contributed by atoms with Gasteiger partial charge in [0.25, 0.3) is 5.56 Å². The minimum Gasteiger partial charge on any atom is -0.503 e. The van der Waals surface area contributed by atoms with Crippen LogP contribution in [0, 0.1) is 6.92 Å². The molecule has 0 bridgehead atoms. The minimum atomic E-state index is -0.148. The predicted molar refractivity (Wildman–Crippen MR) is 108 cm³/mol. The lowest BCUT2D eigenvalue weighted by Crippen LogP contribution is -2.22. The van der Waals surface area contributed by atoms with E-state index in [0.717, 1.165) is 16.8 Å². The molecule has 4 aromatic rings. The van der Waals surface area contributed by atoms with Gasteiger partial charge in [-0.1, -0.05) is 47.2 Å². The second kappa shape index (κ2) is 6.72. The van der Waals surface area contributed by atoms with E-state index in [1.165, 1.54) is 18.4 Å². The van der Waals surface area contributed by atoms with Crippen molar-refractivity contribution in [2.45, 2.75) is 6.92 Å². The lowest BCUT2D eigenvalue weighted by molar-refractivity contribution is 0.373. The molecule has 0 spiro atoms. The number of aromatic hydroxyl groups is 1. The Morgan fingerprint density at radius 2 is 2.07 bits per heavy atom. The number of imidazole rings is 1. The van der Waals surface area contributed by atoms with Crippen LogP contribution in [0.1, 0.15) is 11.1 Å². The molecule has 4 rings (SSSR count). The third-order valence-corrected chi connectivity index (χ3v) is 5.56. The van der Waals surface area contributed by atoms with Gasteiger partial charge in [0, 0.05) is 11.8 Å². The third kappa shape index (κ3) is 3.07. The lowest BCUT2D eigenvalue weighted by atomic mass is 10.1. The average Bonchev–Trinajstić information content (AvgIpc) is 3.18. The van der Waals surface area contributed by atoms with Gasteiger partial charge in [-0.25, -0.2) is 4.98 Å². The fraction of sp³-hybridized carbons (Fsp3) is 0.100. The molecule has 0 amide bonds. The molecular weight excluding hydrogens is 384 g/mol. The van der Waals surface area contributed by atoms with Crippen molar-refractivity contribution >= 4 is 34.0 Å². The van der Waals surface area contributed by atoms with Gasteiger partial charge in [-0.2, -0.15) is 0 Å². The number of fused-ring (bicyclic) bond motifs is 1. The SMILES string of the molecule is COc1cc(/C=c2\sc3nc(-c4ccccc4C)cn3c2=O)cc(Cl)c1O. The number of methoxy groups -OCH3 is 1. The molecule has 136 valence electrons. The molecule has 0 aliphatic carbocycles. The molecule has 2 aromatic carbocycles. The Hall–Kier alpha value is -2.83. The number of phenolic OH excluding ortho intramolecular Hbond substituents is 1. The number of ether oxygens (including phenoxy) is 1. The third-order valence-electron chi connectivity index (χ3n) is 4.29. The van der Waals surface area contributed by atoms with E-state index in [1.807, 2.05) is 31.2 Å². The van der Waals surface area contributed by atoms with Crippen LogP contribution < -0.4 is 14.8 Å². The summed E-state index contributed by atoms with van der Waals surface area (Å²) in [7, 11) is 1.44. The van der Waals surface area contributed by atoms with Crippen molar-refractivity contribution < 1.29 is 9.84 Å². The first-order chi connectivity index (χ1) is 13.0. The molecule has 0 aliphatic rings. The van der Waals surface area contributed by atoms with Crippen LogP contribution in [0.4, 0.5) is 0 Å². The van der Waals surface area contributed by atoms with Gasteiger partial charge in [0.1, 0.15) is 0 Å². The number of aromatic nitrogens is 2. The Labute approximate surface area is 163 Å². The molecule has 27 heavy (non-hydrogen) atoms. The van der Waals surface area contributed by atoms with Gasteiger partial charge in [0.15, 0.2) is 16.5 Å². The Kier molecular flexibility index (Phi) is 4.37. The topological polar surface area (TPSA) is 63.8 Å². The number of hydrogen-bond acceptors (Lipinski definition) is 5. The van der Waals surface area contributed by atoms with Crippen molar-refractivity contribution in [3.63, 3.8) is 0 Å². The number of aryl methyl sites for hydroxylation is 1. The summed E-state index contributed by atoms with van der Waals surface area (Å²) in [5.41, 5.74) is 3.40. The van der Waals surface area contributed by atoms with E-state index in [4.69, 9.17) is 16.3 Å². The summed E-state index contributed by atoms with van der Waals surface area (Å²) in [5.74, 6) is 0.131. The Morgan fingerprint density at radius 1 is 1.30 bits per heavy atom. The van der Waals surface area contributed by atoms with Crippen LogP contribution in [0.25, 0.3) is 22.3 Å². The number of rotatable bonds is 3. The zero-order valence-corrected chi connectivity index (χ0v) is 16.1. The van der Waals surface area contributed by atoms with E-state index in [1.54, 1.807) is 28.8 Å². The largest absolute Gasteiger partial charge is 0.503 e. The number of phenols is 1. The molecule has 2 aromatic heterocycles. The fourth-order valence-corrected chi connectivity index (χ4v) is 4.08. The second-order valence-electron chi connectivity index (χ2n) is 6.06. The summed E-state index contributed by atoms with van der Waals surface area (Å²) in [5, 5.41) is 10.0. The van der Waals surface area contributed by atoms with E-state index in [-0.39, 0.29) is 22.1 Å². The molecule has 0 saturated heterocycles. The maximum atomic E-state index is 12.8. The van der Waals surface area contributed by atoms with Crippen molar-refractivity contribution in [1.82, 2.24) is 9.38 Å². The average molecular weight is 399 g/mol. The predicted octanol–water partition coefficient (Wildman–Crippen LogP) is 3.65. The van der Waals surface area contributed by atoms with E-state index in [9.17, 15) is 9.90 Å². The molecule has 0 radical (unpaired) electrons. The molecule has 7 heteroatoms. The van der Waals surface area contributed by atoms with Crippen LogP contribution >= 0.6 is 22.9 Å². The first-order valence-electron chi connectivity index (χ1n) is 8.14. The van der Waals surface area contributed by atoms with Gasteiger partial charge in [-0.05, 0) is 36.3 Å². The second-order valence-corrected chi connectivity index (χ2v) is 7.48. The van der Waals surface area contributed by atoms with Crippen molar-refractivity contribution in [1.29, 1.82) is 0 Å². The number of benzene rings is 2. The summed E-state index contributed by atoms with van der Waals surface area (Å²) >= 11 is 7.32. The Balaban J connectivity index is 1.83. The van der Waals surface area contributed by atoms with E-state index >= 15 is 0 Å². The fourth-order valence-electron chi connectivity index (χ4n) is 2.91. The van der Waals surface area contributed by atoms with Crippen molar-refractivity contribution in [3.8, 4) is 22.8 Å². The molecule has 0 saturated carbocycles. The molecular formula is C20H15ClN2O3S. The van der Waals surface area contributed by atoms with Crippen LogP contribution in [0.5, 0.6) is 11.5 Å². The molecule has 0 fully saturated rings.